The maximum Gasteiger partial charge on any atom is 0.335 e. The van der Waals surface area contributed by atoms with Gasteiger partial charge >= 0.3 is 5.97 Å². The zero-order chi connectivity index (χ0) is 24.5. The zero-order valence-corrected chi connectivity index (χ0v) is 20.2. The van der Waals surface area contributed by atoms with E-state index in [1.807, 2.05) is 13.0 Å². The SMILES string of the molecule is CCOc1ccc(C(=O)N/N=C/c2cc(Br)ccc2OCc2ccc(C(=O)O)cc2)cc1OC. The molecule has 0 saturated heterocycles. The van der Waals surface area contributed by atoms with Crippen LogP contribution in [0.3, 0.4) is 0 Å². The van der Waals surface area contributed by atoms with Crippen molar-refractivity contribution in [1.82, 2.24) is 5.43 Å². The van der Waals surface area contributed by atoms with Gasteiger partial charge in [-0.25, -0.2) is 10.2 Å². The first-order chi connectivity index (χ1) is 16.4. The highest BCUT2D eigenvalue weighted by atomic mass is 79.9. The van der Waals surface area contributed by atoms with Crippen LogP contribution in [0.4, 0.5) is 0 Å². The highest BCUT2D eigenvalue weighted by Gasteiger charge is 2.11. The number of carbonyl (C=O) groups is 2. The molecule has 2 N–H and O–H groups in total. The Labute approximate surface area is 205 Å². The van der Waals surface area contributed by atoms with Gasteiger partial charge in [-0.05, 0) is 61.0 Å². The van der Waals surface area contributed by atoms with E-state index in [4.69, 9.17) is 19.3 Å². The first kappa shape index (κ1) is 24.8. The Hall–Kier alpha value is -3.85. The minimum atomic E-state index is -0.982. The maximum atomic E-state index is 12.5. The van der Waals surface area contributed by atoms with Gasteiger partial charge in [0.1, 0.15) is 12.4 Å². The van der Waals surface area contributed by atoms with Crippen LogP contribution in [0.15, 0.2) is 70.2 Å². The number of benzene rings is 3. The summed E-state index contributed by atoms with van der Waals surface area (Å²) in [6, 6.07) is 16.7. The molecule has 0 aliphatic heterocycles. The molecule has 0 bridgehead atoms. The van der Waals surface area contributed by atoms with E-state index >= 15 is 0 Å². The monoisotopic (exact) mass is 526 g/mol. The lowest BCUT2D eigenvalue weighted by molar-refractivity contribution is 0.0696. The number of carboxylic acids is 1. The number of carbonyl (C=O) groups excluding carboxylic acids is 1. The van der Waals surface area contributed by atoms with Gasteiger partial charge in [-0.2, -0.15) is 5.10 Å². The van der Waals surface area contributed by atoms with Gasteiger partial charge in [-0.15, -0.1) is 0 Å². The van der Waals surface area contributed by atoms with E-state index in [1.165, 1.54) is 25.5 Å². The number of nitrogens with zero attached hydrogens (tertiary/aromatic N) is 1. The Morgan fingerprint density at radius 2 is 1.68 bits per heavy atom. The van der Waals surface area contributed by atoms with Crippen LogP contribution in [-0.2, 0) is 6.61 Å². The lowest BCUT2D eigenvalue weighted by Gasteiger charge is -2.11. The van der Waals surface area contributed by atoms with E-state index < -0.39 is 11.9 Å². The molecule has 0 aromatic heterocycles. The largest absolute Gasteiger partial charge is 0.493 e. The summed E-state index contributed by atoms with van der Waals surface area (Å²) < 4.78 is 17.4. The lowest BCUT2D eigenvalue weighted by atomic mass is 10.1. The van der Waals surface area contributed by atoms with Crippen LogP contribution in [0.25, 0.3) is 0 Å². The topological polar surface area (TPSA) is 106 Å². The number of aromatic carboxylic acids is 1. The van der Waals surface area contributed by atoms with E-state index in [-0.39, 0.29) is 12.2 Å². The fraction of sp³-hybridized carbons (Fsp3) is 0.160. The lowest BCUT2D eigenvalue weighted by Crippen LogP contribution is -2.17. The molecule has 3 rings (SSSR count). The molecule has 9 heteroatoms. The summed E-state index contributed by atoms with van der Waals surface area (Å²) in [5.74, 6) is 0.167. The quantitative estimate of drug-likeness (QED) is 0.287. The van der Waals surface area contributed by atoms with Gasteiger partial charge in [0.25, 0.3) is 5.91 Å². The third-order valence-electron chi connectivity index (χ3n) is 4.66. The summed E-state index contributed by atoms with van der Waals surface area (Å²) in [4.78, 5) is 23.5. The van der Waals surface area contributed by atoms with Crippen LogP contribution in [-0.4, -0.2) is 36.9 Å². The molecule has 0 heterocycles. The minimum absolute atomic E-state index is 0.209. The number of carboxylic acid groups (broad SMARTS) is 1. The number of nitrogens with one attached hydrogen (secondary N) is 1. The van der Waals surface area contributed by atoms with Crippen LogP contribution in [0.1, 0.15) is 38.8 Å². The van der Waals surface area contributed by atoms with Gasteiger partial charge in [0.2, 0.25) is 0 Å². The first-order valence-electron chi connectivity index (χ1n) is 10.3. The molecule has 0 aliphatic rings. The van der Waals surface area contributed by atoms with Gasteiger partial charge in [-0.3, -0.25) is 4.79 Å². The summed E-state index contributed by atoms with van der Waals surface area (Å²) in [5.41, 5.74) is 4.53. The second-order valence-corrected chi connectivity index (χ2v) is 7.89. The molecular formula is C25H23BrN2O6. The average molecular weight is 527 g/mol. The normalized spacial score (nSPS) is 10.7. The Balaban J connectivity index is 1.68. The smallest absolute Gasteiger partial charge is 0.335 e. The molecule has 8 nitrogen and oxygen atoms in total. The van der Waals surface area contributed by atoms with Crippen LogP contribution in [0.5, 0.6) is 17.2 Å². The number of halogens is 1. The Morgan fingerprint density at radius 1 is 0.971 bits per heavy atom. The first-order valence-corrected chi connectivity index (χ1v) is 11.1. The molecule has 3 aromatic carbocycles. The summed E-state index contributed by atoms with van der Waals surface area (Å²) in [7, 11) is 1.51. The van der Waals surface area contributed by atoms with Crippen LogP contribution in [0, 0.1) is 0 Å². The van der Waals surface area contributed by atoms with Gasteiger partial charge in [0, 0.05) is 15.6 Å². The number of hydrazone groups is 1. The molecule has 0 atom stereocenters. The van der Waals surface area contributed by atoms with Crippen molar-refractivity contribution in [3.63, 3.8) is 0 Å². The number of amides is 1. The predicted octanol–water partition coefficient (Wildman–Crippen LogP) is 4.90. The van der Waals surface area contributed by atoms with Gasteiger partial charge in [0.05, 0.1) is 25.5 Å². The van der Waals surface area contributed by atoms with Crippen molar-refractivity contribution in [3.8, 4) is 17.2 Å². The molecular weight excluding hydrogens is 504 g/mol. The summed E-state index contributed by atoms with van der Waals surface area (Å²) in [6.07, 6.45) is 1.48. The van der Waals surface area contributed by atoms with Crippen LogP contribution < -0.4 is 19.6 Å². The molecule has 0 saturated carbocycles. The van der Waals surface area contributed by atoms with Crippen molar-refractivity contribution in [2.24, 2.45) is 5.10 Å². The predicted molar refractivity (Wildman–Crippen MR) is 131 cm³/mol. The Morgan fingerprint density at radius 3 is 2.35 bits per heavy atom. The maximum absolute atomic E-state index is 12.5. The molecule has 0 spiro atoms. The Bertz CT molecular complexity index is 1190. The minimum Gasteiger partial charge on any atom is -0.493 e. The summed E-state index contributed by atoms with van der Waals surface area (Å²) >= 11 is 3.42. The molecule has 0 aliphatic carbocycles. The van der Waals surface area contributed by atoms with E-state index in [0.29, 0.717) is 35.0 Å². The third-order valence-corrected chi connectivity index (χ3v) is 5.16. The fourth-order valence-electron chi connectivity index (χ4n) is 2.96. The molecule has 1 amide bonds. The highest BCUT2D eigenvalue weighted by Crippen LogP contribution is 2.28. The zero-order valence-electron chi connectivity index (χ0n) is 18.6. The van der Waals surface area contributed by atoms with Crippen molar-refractivity contribution in [2.45, 2.75) is 13.5 Å². The third kappa shape index (κ3) is 6.58. The second-order valence-electron chi connectivity index (χ2n) is 6.97. The molecule has 0 unspecified atom stereocenters. The molecule has 176 valence electrons. The standard InChI is InChI=1S/C25H23BrN2O6/c1-3-33-22-10-8-18(13-23(22)32-2)24(29)28-27-14-19-12-20(26)9-11-21(19)34-15-16-4-6-17(7-5-16)25(30)31/h4-14H,3,15H2,1-2H3,(H,28,29)(H,30,31)/b27-14+. The average Bonchev–Trinajstić information content (AvgIpc) is 2.84. The summed E-state index contributed by atoms with van der Waals surface area (Å²) in [5, 5.41) is 13.1. The number of ether oxygens (including phenoxy) is 3. The second kappa shape index (κ2) is 11.9. The molecule has 3 aromatic rings. The highest BCUT2D eigenvalue weighted by molar-refractivity contribution is 9.10. The molecule has 34 heavy (non-hydrogen) atoms. The Kier molecular flexibility index (Phi) is 8.64. The van der Waals surface area contributed by atoms with Crippen LogP contribution in [0.2, 0.25) is 0 Å². The van der Waals surface area contributed by atoms with Crippen molar-refractivity contribution < 1.29 is 28.9 Å². The van der Waals surface area contributed by atoms with E-state index in [9.17, 15) is 9.59 Å². The number of rotatable bonds is 10. The fourth-order valence-corrected chi connectivity index (χ4v) is 3.34. The van der Waals surface area contributed by atoms with Crippen LogP contribution >= 0.6 is 15.9 Å². The number of methoxy groups -OCH3 is 1. The van der Waals surface area contributed by atoms with E-state index in [1.54, 1.807) is 42.5 Å². The van der Waals surface area contributed by atoms with Gasteiger partial charge in [-0.1, -0.05) is 28.1 Å². The van der Waals surface area contributed by atoms with E-state index in [2.05, 4.69) is 26.5 Å². The molecule has 0 radical (unpaired) electrons. The van der Waals surface area contributed by atoms with Crippen molar-refractivity contribution in [2.75, 3.05) is 13.7 Å². The van der Waals surface area contributed by atoms with E-state index in [0.717, 1.165) is 10.0 Å². The van der Waals surface area contributed by atoms with Crippen molar-refractivity contribution in [3.05, 3.63) is 87.4 Å². The number of hydrogen-bond donors (Lipinski definition) is 2. The number of hydrogen-bond acceptors (Lipinski definition) is 6. The van der Waals surface area contributed by atoms with Crippen molar-refractivity contribution in [1.29, 1.82) is 0 Å². The van der Waals surface area contributed by atoms with Crippen molar-refractivity contribution >= 4 is 34.0 Å². The van der Waals surface area contributed by atoms with Gasteiger partial charge < -0.3 is 19.3 Å². The molecule has 0 fully saturated rings. The van der Waals surface area contributed by atoms with Gasteiger partial charge in [0.15, 0.2) is 11.5 Å². The summed E-state index contributed by atoms with van der Waals surface area (Å²) in [6.45, 7) is 2.58.